The Balaban J connectivity index is 2.04. The molecule has 0 saturated carbocycles. The summed E-state index contributed by atoms with van der Waals surface area (Å²) in [5, 5.41) is 6.56. The van der Waals surface area contributed by atoms with Crippen LogP contribution >= 0.6 is 0 Å². The summed E-state index contributed by atoms with van der Waals surface area (Å²) in [6.45, 7) is 9.84. The highest BCUT2D eigenvalue weighted by Gasteiger charge is 2.39. The Bertz CT molecular complexity index is 845. The Morgan fingerprint density at radius 1 is 1.03 bits per heavy atom. The van der Waals surface area contributed by atoms with E-state index < -0.39 is 42.2 Å². The number of carbonyl (C=O) groups excluding carboxylic acids is 4. The monoisotopic (exact) mass is 476 g/mol. The SMILES string of the molecule is CCN1NC(C(=O)[C@H](CC(C)C)NC(=O)[C@H](CC(C)C)NC(=O)OCc2ccccc2)OC1=O. The van der Waals surface area contributed by atoms with Crippen LogP contribution in [0, 0.1) is 11.8 Å². The van der Waals surface area contributed by atoms with Gasteiger partial charge in [0, 0.05) is 6.54 Å². The van der Waals surface area contributed by atoms with E-state index in [1.807, 2.05) is 58.0 Å². The second-order valence-electron chi connectivity index (χ2n) is 9.12. The number of hydrogen-bond acceptors (Lipinski definition) is 7. The van der Waals surface area contributed by atoms with Crippen molar-refractivity contribution in [3.63, 3.8) is 0 Å². The molecular formula is C24H36N4O6. The molecule has 1 unspecified atom stereocenters. The molecule has 3 amide bonds. The number of ketones is 1. The van der Waals surface area contributed by atoms with Crippen molar-refractivity contribution in [2.45, 2.75) is 72.4 Å². The van der Waals surface area contributed by atoms with Crippen molar-refractivity contribution in [2.24, 2.45) is 11.8 Å². The molecule has 188 valence electrons. The molecule has 2 rings (SSSR count). The number of rotatable bonds is 12. The normalized spacial score (nSPS) is 17.3. The van der Waals surface area contributed by atoms with Crippen molar-refractivity contribution in [1.82, 2.24) is 21.1 Å². The molecule has 34 heavy (non-hydrogen) atoms. The molecule has 1 saturated heterocycles. The highest BCUT2D eigenvalue weighted by atomic mass is 16.6. The highest BCUT2D eigenvalue weighted by molar-refractivity contribution is 5.95. The van der Waals surface area contributed by atoms with Gasteiger partial charge in [0.1, 0.15) is 12.6 Å². The van der Waals surface area contributed by atoms with E-state index in [4.69, 9.17) is 9.47 Å². The van der Waals surface area contributed by atoms with Crippen LogP contribution in [0.2, 0.25) is 0 Å². The molecule has 3 N–H and O–H groups in total. The van der Waals surface area contributed by atoms with Crippen LogP contribution in [0.3, 0.4) is 0 Å². The van der Waals surface area contributed by atoms with Gasteiger partial charge in [0.05, 0.1) is 6.04 Å². The zero-order chi connectivity index (χ0) is 25.3. The Labute approximate surface area is 200 Å². The van der Waals surface area contributed by atoms with Gasteiger partial charge in [0.2, 0.25) is 17.9 Å². The summed E-state index contributed by atoms with van der Waals surface area (Å²) in [6.07, 6.45) is -1.84. The number of alkyl carbamates (subject to hydrolysis) is 1. The fourth-order valence-corrected chi connectivity index (χ4v) is 3.51. The molecule has 0 aromatic heterocycles. The average molecular weight is 477 g/mol. The molecule has 0 aliphatic carbocycles. The van der Waals surface area contributed by atoms with Crippen LogP contribution in [-0.2, 0) is 25.7 Å². The van der Waals surface area contributed by atoms with E-state index in [0.717, 1.165) is 5.56 Å². The second-order valence-corrected chi connectivity index (χ2v) is 9.12. The fraction of sp³-hybridized carbons (Fsp3) is 0.583. The van der Waals surface area contributed by atoms with Crippen molar-refractivity contribution in [3.05, 3.63) is 35.9 Å². The van der Waals surface area contributed by atoms with Gasteiger partial charge in [-0.15, -0.1) is 0 Å². The van der Waals surface area contributed by atoms with E-state index >= 15 is 0 Å². The van der Waals surface area contributed by atoms with E-state index in [2.05, 4.69) is 16.1 Å². The van der Waals surface area contributed by atoms with E-state index in [9.17, 15) is 19.2 Å². The van der Waals surface area contributed by atoms with Crippen molar-refractivity contribution in [3.8, 4) is 0 Å². The Morgan fingerprint density at radius 2 is 1.65 bits per heavy atom. The molecule has 10 heteroatoms. The first-order chi connectivity index (χ1) is 16.1. The molecule has 1 aliphatic rings. The summed E-state index contributed by atoms with van der Waals surface area (Å²) in [7, 11) is 0. The number of amides is 3. The second kappa shape index (κ2) is 12.9. The summed E-state index contributed by atoms with van der Waals surface area (Å²) in [5.74, 6) is -0.775. The van der Waals surface area contributed by atoms with Gasteiger partial charge in [-0.2, -0.15) is 5.43 Å². The maximum atomic E-state index is 13.1. The Morgan fingerprint density at radius 3 is 2.21 bits per heavy atom. The van der Waals surface area contributed by atoms with E-state index in [1.165, 1.54) is 5.01 Å². The lowest BCUT2D eigenvalue weighted by molar-refractivity contribution is -0.134. The van der Waals surface area contributed by atoms with Crippen LogP contribution in [-0.4, -0.2) is 53.7 Å². The smallest absolute Gasteiger partial charge is 0.426 e. The molecule has 10 nitrogen and oxygen atoms in total. The van der Waals surface area contributed by atoms with Crippen molar-refractivity contribution in [1.29, 1.82) is 0 Å². The molecule has 1 aliphatic heterocycles. The fourth-order valence-electron chi connectivity index (χ4n) is 3.51. The van der Waals surface area contributed by atoms with Gasteiger partial charge in [-0.25, -0.2) is 14.6 Å². The van der Waals surface area contributed by atoms with Gasteiger partial charge in [-0.3, -0.25) is 9.59 Å². The zero-order valence-corrected chi connectivity index (χ0v) is 20.5. The maximum absolute atomic E-state index is 13.1. The maximum Gasteiger partial charge on any atom is 0.426 e. The first-order valence-electron chi connectivity index (χ1n) is 11.7. The minimum absolute atomic E-state index is 0.0732. The summed E-state index contributed by atoms with van der Waals surface area (Å²) >= 11 is 0. The Kier molecular flexibility index (Phi) is 10.3. The van der Waals surface area contributed by atoms with E-state index in [0.29, 0.717) is 19.4 Å². The van der Waals surface area contributed by atoms with Crippen molar-refractivity contribution < 1.29 is 28.7 Å². The third kappa shape index (κ3) is 8.33. The summed E-state index contributed by atoms with van der Waals surface area (Å²) < 4.78 is 10.4. The van der Waals surface area contributed by atoms with Crippen LogP contribution in [0.1, 0.15) is 53.0 Å². The van der Waals surface area contributed by atoms with Gasteiger partial charge in [-0.05, 0) is 37.2 Å². The lowest BCUT2D eigenvalue weighted by Gasteiger charge is -2.25. The lowest BCUT2D eigenvalue weighted by atomic mass is 9.97. The number of benzene rings is 1. The minimum atomic E-state index is -1.18. The molecule has 1 aromatic carbocycles. The molecule has 0 radical (unpaired) electrons. The number of Topliss-reactive ketones (excluding diaryl/α,β-unsaturated/α-hetero) is 1. The first-order valence-corrected chi connectivity index (χ1v) is 11.7. The highest BCUT2D eigenvalue weighted by Crippen LogP contribution is 2.14. The van der Waals surface area contributed by atoms with Crippen LogP contribution in [0.15, 0.2) is 30.3 Å². The van der Waals surface area contributed by atoms with Gasteiger partial charge in [0.25, 0.3) is 0 Å². The van der Waals surface area contributed by atoms with Gasteiger partial charge >= 0.3 is 12.2 Å². The van der Waals surface area contributed by atoms with Gasteiger partial charge < -0.3 is 20.1 Å². The molecular weight excluding hydrogens is 440 g/mol. The van der Waals surface area contributed by atoms with Crippen LogP contribution in [0.5, 0.6) is 0 Å². The number of cyclic esters (lactones) is 1. The predicted molar refractivity (Wildman–Crippen MR) is 125 cm³/mol. The summed E-state index contributed by atoms with van der Waals surface area (Å²) in [4.78, 5) is 50.4. The van der Waals surface area contributed by atoms with E-state index in [-0.39, 0.29) is 18.4 Å². The molecule has 0 spiro atoms. The number of ether oxygens (including phenoxy) is 2. The third-order valence-corrected chi connectivity index (χ3v) is 5.18. The molecule has 1 aromatic rings. The van der Waals surface area contributed by atoms with E-state index in [1.54, 1.807) is 6.92 Å². The summed E-state index contributed by atoms with van der Waals surface area (Å²) in [5.41, 5.74) is 3.54. The van der Waals surface area contributed by atoms with Crippen molar-refractivity contribution >= 4 is 23.9 Å². The quantitative estimate of drug-likeness (QED) is 0.423. The largest absolute Gasteiger partial charge is 0.445 e. The van der Waals surface area contributed by atoms with Crippen molar-refractivity contribution in [2.75, 3.05) is 6.54 Å². The van der Waals surface area contributed by atoms with Crippen LogP contribution in [0.25, 0.3) is 0 Å². The number of nitrogens with one attached hydrogen (secondary N) is 3. The molecule has 1 fully saturated rings. The van der Waals surface area contributed by atoms with Gasteiger partial charge in [0.15, 0.2) is 0 Å². The lowest BCUT2D eigenvalue weighted by Crippen LogP contribution is -2.55. The summed E-state index contributed by atoms with van der Waals surface area (Å²) in [6, 6.07) is 7.42. The number of carbonyl (C=O) groups is 4. The molecule has 3 atom stereocenters. The third-order valence-electron chi connectivity index (χ3n) is 5.18. The topological polar surface area (TPSA) is 126 Å². The number of hydrogen-bond donors (Lipinski definition) is 3. The zero-order valence-electron chi connectivity index (χ0n) is 20.5. The Hall–Kier alpha value is -3.14. The number of hydrazine groups is 1. The number of nitrogens with zero attached hydrogens (tertiary/aromatic N) is 1. The average Bonchev–Trinajstić information content (AvgIpc) is 3.17. The molecule has 0 bridgehead atoms. The minimum Gasteiger partial charge on any atom is -0.445 e. The predicted octanol–water partition coefficient (Wildman–Crippen LogP) is 2.73. The standard InChI is InChI=1S/C24H36N4O6/c1-6-28-24(32)34-22(27-28)20(29)18(12-15(2)3)25-21(30)19(13-16(4)5)26-23(31)33-14-17-10-8-7-9-11-17/h7-11,15-16,18-19,22,27H,6,12-14H2,1-5H3,(H,25,30)(H,26,31)/t18-,19-,22?/m0/s1. The first kappa shape index (κ1) is 27.1. The van der Waals surface area contributed by atoms with Crippen LogP contribution < -0.4 is 16.1 Å². The van der Waals surface area contributed by atoms with Gasteiger partial charge in [-0.1, -0.05) is 58.0 Å². The van der Waals surface area contributed by atoms with Crippen LogP contribution in [0.4, 0.5) is 9.59 Å². The molecule has 1 heterocycles.